The highest BCUT2D eigenvalue weighted by molar-refractivity contribution is 5.82. The summed E-state index contributed by atoms with van der Waals surface area (Å²) in [5.74, 6) is 0. The van der Waals surface area contributed by atoms with Gasteiger partial charge in [-0.2, -0.15) is 0 Å². The second kappa shape index (κ2) is 4.58. The van der Waals surface area contributed by atoms with Crippen LogP contribution in [-0.4, -0.2) is 30.2 Å². The van der Waals surface area contributed by atoms with Crippen molar-refractivity contribution in [1.82, 2.24) is 10.3 Å². The van der Waals surface area contributed by atoms with E-state index in [0.717, 1.165) is 18.6 Å². The lowest BCUT2D eigenvalue weighted by atomic mass is 10.1. The Morgan fingerprint density at radius 3 is 3.06 bits per heavy atom. The number of piperazine rings is 1. The zero-order valence-electron chi connectivity index (χ0n) is 10.9. The number of aromatic nitrogens is 1. The summed E-state index contributed by atoms with van der Waals surface area (Å²) in [6, 6.07) is 11.7. The van der Waals surface area contributed by atoms with Gasteiger partial charge >= 0.3 is 0 Å². The van der Waals surface area contributed by atoms with Crippen molar-refractivity contribution < 1.29 is 0 Å². The van der Waals surface area contributed by atoms with E-state index in [9.17, 15) is 0 Å². The van der Waals surface area contributed by atoms with E-state index in [2.05, 4.69) is 53.3 Å². The van der Waals surface area contributed by atoms with E-state index in [0.29, 0.717) is 12.1 Å². The fourth-order valence-electron chi connectivity index (χ4n) is 2.61. The number of fused-ring (bicyclic) bond motifs is 1. The molecule has 1 saturated heterocycles. The second-order valence-corrected chi connectivity index (χ2v) is 5.19. The van der Waals surface area contributed by atoms with E-state index in [1.54, 1.807) is 0 Å². The molecule has 0 saturated carbocycles. The highest BCUT2D eigenvalue weighted by Gasteiger charge is 2.22. The molecule has 0 spiro atoms. The Kier molecular flexibility index (Phi) is 2.92. The Balaban J connectivity index is 1.97. The van der Waals surface area contributed by atoms with Crippen LogP contribution in [-0.2, 0) is 0 Å². The summed E-state index contributed by atoms with van der Waals surface area (Å²) < 4.78 is 0. The summed E-state index contributed by atoms with van der Waals surface area (Å²) in [5.41, 5.74) is 2.36. The third-order valence-corrected chi connectivity index (χ3v) is 3.69. The lowest BCUT2D eigenvalue weighted by Crippen LogP contribution is -2.54. The molecule has 1 aromatic heterocycles. The molecule has 0 amide bonds. The van der Waals surface area contributed by atoms with Gasteiger partial charge in [-0.25, -0.2) is 0 Å². The number of anilines is 1. The number of hydrogen-bond donors (Lipinski definition) is 1. The number of hydrogen-bond acceptors (Lipinski definition) is 3. The van der Waals surface area contributed by atoms with Crippen LogP contribution in [0.25, 0.3) is 10.9 Å². The van der Waals surface area contributed by atoms with Crippen LogP contribution >= 0.6 is 0 Å². The van der Waals surface area contributed by atoms with Crippen molar-refractivity contribution in [2.24, 2.45) is 0 Å². The van der Waals surface area contributed by atoms with Gasteiger partial charge in [0.05, 0.1) is 5.52 Å². The maximum atomic E-state index is 4.44. The molecular formula is C15H19N3. The van der Waals surface area contributed by atoms with Gasteiger partial charge in [0.2, 0.25) is 0 Å². The standard InChI is InChI=1S/C15H19N3/c1-11-10-18(12(2)9-17-11)14-6-5-13-4-3-7-16-15(13)8-14/h3-8,11-12,17H,9-10H2,1-2H3. The molecule has 0 bridgehead atoms. The minimum Gasteiger partial charge on any atom is -0.366 e. The van der Waals surface area contributed by atoms with Gasteiger partial charge in [-0.3, -0.25) is 4.98 Å². The quantitative estimate of drug-likeness (QED) is 0.831. The SMILES string of the molecule is CC1CN(c2ccc3cccnc3c2)C(C)CN1. The molecule has 2 heterocycles. The third-order valence-electron chi connectivity index (χ3n) is 3.69. The Bertz CT molecular complexity index is 552. The summed E-state index contributed by atoms with van der Waals surface area (Å²) in [5, 5.41) is 4.72. The molecular weight excluding hydrogens is 222 g/mol. The van der Waals surface area contributed by atoms with Crippen molar-refractivity contribution in [3.8, 4) is 0 Å². The Hall–Kier alpha value is -1.61. The Labute approximate surface area is 108 Å². The Morgan fingerprint density at radius 1 is 1.28 bits per heavy atom. The molecule has 0 radical (unpaired) electrons. The zero-order valence-corrected chi connectivity index (χ0v) is 10.9. The lowest BCUT2D eigenvalue weighted by Gasteiger charge is -2.39. The molecule has 94 valence electrons. The van der Waals surface area contributed by atoms with Crippen LogP contribution in [0.5, 0.6) is 0 Å². The summed E-state index contributed by atoms with van der Waals surface area (Å²) in [7, 11) is 0. The molecule has 3 rings (SSSR count). The van der Waals surface area contributed by atoms with Crippen LogP contribution in [0.2, 0.25) is 0 Å². The van der Waals surface area contributed by atoms with Crippen molar-refractivity contribution in [2.45, 2.75) is 25.9 Å². The first-order valence-corrected chi connectivity index (χ1v) is 6.59. The molecule has 1 N–H and O–H groups in total. The van der Waals surface area contributed by atoms with Crippen LogP contribution in [0, 0.1) is 0 Å². The highest BCUT2D eigenvalue weighted by atomic mass is 15.2. The topological polar surface area (TPSA) is 28.2 Å². The van der Waals surface area contributed by atoms with Crippen LogP contribution < -0.4 is 10.2 Å². The molecule has 1 fully saturated rings. The lowest BCUT2D eigenvalue weighted by molar-refractivity contribution is 0.425. The molecule has 2 atom stereocenters. The molecule has 3 heteroatoms. The van der Waals surface area contributed by atoms with Crippen LogP contribution in [0.1, 0.15) is 13.8 Å². The maximum Gasteiger partial charge on any atom is 0.0722 e. The largest absolute Gasteiger partial charge is 0.366 e. The van der Waals surface area contributed by atoms with Gasteiger partial charge in [0, 0.05) is 42.4 Å². The number of benzene rings is 1. The number of rotatable bonds is 1. The molecule has 18 heavy (non-hydrogen) atoms. The molecule has 1 aromatic carbocycles. The molecule has 2 unspecified atom stereocenters. The van der Waals surface area contributed by atoms with E-state index in [1.807, 2.05) is 12.3 Å². The summed E-state index contributed by atoms with van der Waals surface area (Å²) in [4.78, 5) is 6.91. The van der Waals surface area contributed by atoms with Crippen molar-refractivity contribution in [1.29, 1.82) is 0 Å². The normalized spacial score (nSPS) is 24.4. The van der Waals surface area contributed by atoms with Gasteiger partial charge in [-0.1, -0.05) is 12.1 Å². The second-order valence-electron chi connectivity index (χ2n) is 5.19. The monoisotopic (exact) mass is 241 g/mol. The fourth-order valence-corrected chi connectivity index (χ4v) is 2.61. The van der Waals surface area contributed by atoms with Crippen molar-refractivity contribution in [3.05, 3.63) is 36.5 Å². The van der Waals surface area contributed by atoms with Gasteiger partial charge in [0.15, 0.2) is 0 Å². The molecule has 2 aromatic rings. The summed E-state index contributed by atoms with van der Waals surface area (Å²) in [6.45, 7) is 6.60. The number of nitrogens with zero attached hydrogens (tertiary/aromatic N) is 2. The molecule has 1 aliphatic rings. The van der Waals surface area contributed by atoms with Crippen LogP contribution in [0.4, 0.5) is 5.69 Å². The zero-order chi connectivity index (χ0) is 12.5. The third kappa shape index (κ3) is 2.06. The maximum absolute atomic E-state index is 4.44. The van der Waals surface area contributed by atoms with Gasteiger partial charge in [0.1, 0.15) is 0 Å². The average molecular weight is 241 g/mol. The van der Waals surface area contributed by atoms with E-state index in [4.69, 9.17) is 0 Å². The first-order chi connectivity index (χ1) is 8.74. The van der Waals surface area contributed by atoms with Crippen LogP contribution in [0.15, 0.2) is 36.5 Å². The van der Waals surface area contributed by atoms with E-state index in [1.165, 1.54) is 11.1 Å². The number of nitrogens with one attached hydrogen (secondary N) is 1. The predicted octanol–water partition coefficient (Wildman–Crippen LogP) is 2.42. The van der Waals surface area contributed by atoms with Crippen LogP contribution in [0.3, 0.4) is 0 Å². The average Bonchev–Trinajstić information content (AvgIpc) is 2.41. The first-order valence-electron chi connectivity index (χ1n) is 6.59. The smallest absolute Gasteiger partial charge is 0.0722 e. The van der Waals surface area contributed by atoms with Gasteiger partial charge < -0.3 is 10.2 Å². The minimum absolute atomic E-state index is 0.530. The minimum atomic E-state index is 0.530. The predicted molar refractivity (Wildman–Crippen MR) is 76.0 cm³/mol. The summed E-state index contributed by atoms with van der Waals surface area (Å²) >= 11 is 0. The highest BCUT2D eigenvalue weighted by Crippen LogP contribution is 2.23. The summed E-state index contributed by atoms with van der Waals surface area (Å²) in [6.07, 6.45) is 1.86. The van der Waals surface area contributed by atoms with E-state index in [-0.39, 0.29) is 0 Å². The van der Waals surface area contributed by atoms with Gasteiger partial charge in [-0.05, 0) is 32.0 Å². The molecule has 0 aliphatic carbocycles. The van der Waals surface area contributed by atoms with Gasteiger partial charge in [0.25, 0.3) is 0 Å². The molecule has 1 aliphatic heterocycles. The van der Waals surface area contributed by atoms with Crippen molar-refractivity contribution in [3.63, 3.8) is 0 Å². The first kappa shape index (κ1) is 11.5. The van der Waals surface area contributed by atoms with E-state index < -0.39 is 0 Å². The molecule has 3 nitrogen and oxygen atoms in total. The fraction of sp³-hybridized carbons (Fsp3) is 0.400. The van der Waals surface area contributed by atoms with E-state index >= 15 is 0 Å². The van der Waals surface area contributed by atoms with Crippen molar-refractivity contribution in [2.75, 3.05) is 18.0 Å². The number of pyridine rings is 1. The van der Waals surface area contributed by atoms with Gasteiger partial charge in [-0.15, -0.1) is 0 Å². The Morgan fingerprint density at radius 2 is 2.17 bits per heavy atom. The van der Waals surface area contributed by atoms with Crippen molar-refractivity contribution >= 4 is 16.6 Å².